The molecule has 0 unspecified atom stereocenters. The summed E-state index contributed by atoms with van der Waals surface area (Å²) in [6.07, 6.45) is 3.31. The third-order valence-corrected chi connectivity index (χ3v) is 5.27. The van der Waals surface area contributed by atoms with Crippen LogP contribution in [-0.2, 0) is 4.74 Å². The van der Waals surface area contributed by atoms with E-state index in [1.807, 2.05) is 53.9 Å². The fourth-order valence-electron chi connectivity index (χ4n) is 3.72. The van der Waals surface area contributed by atoms with E-state index in [4.69, 9.17) is 9.72 Å². The van der Waals surface area contributed by atoms with E-state index in [-0.39, 0.29) is 5.91 Å². The van der Waals surface area contributed by atoms with Gasteiger partial charge >= 0.3 is 0 Å². The first-order valence-electron chi connectivity index (χ1n) is 10.2. The molecule has 1 aromatic carbocycles. The predicted molar refractivity (Wildman–Crippen MR) is 118 cm³/mol. The Morgan fingerprint density at radius 1 is 1.06 bits per heavy atom. The molecule has 1 aliphatic rings. The summed E-state index contributed by atoms with van der Waals surface area (Å²) in [6, 6.07) is 15.5. The van der Waals surface area contributed by atoms with Crippen molar-refractivity contribution >= 4 is 23.2 Å². The van der Waals surface area contributed by atoms with Crippen LogP contribution >= 0.6 is 0 Å². The molecule has 31 heavy (non-hydrogen) atoms. The normalized spacial score (nSPS) is 14.0. The van der Waals surface area contributed by atoms with E-state index in [9.17, 15) is 4.79 Å². The second-order valence-corrected chi connectivity index (χ2v) is 7.42. The lowest BCUT2D eigenvalue weighted by Crippen LogP contribution is -2.37. The minimum atomic E-state index is -0.309. The summed E-state index contributed by atoms with van der Waals surface area (Å²) >= 11 is 0. The molecule has 156 valence electrons. The number of imidazole rings is 1. The van der Waals surface area contributed by atoms with E-state index >= 15 is 0 Å². The number of pyridine rings is 1. The van der Waals surface area contributed by atoms with Gasteiger partial charge in [0.1, 0.15) is 35.0 Å². The number of rotatable bonds is 4. The van der Waals surface area contributed by atoms with Crippen LogP contribution in [0.5, 0.6) is 0 Å². The van der Waals surface area contributed by atoms with Crippen LogP contribution in [0.15, 0.2) is 61.1 Å². The largest absolute Gasteiger partial charge is 0.378 e. The van der Waals surface area contributed by atoms with Gasteiger partial charge in [0.25, 0.3) is 5.91 Å². The van der Waals surface area contributed by atoms with Crippen LogP contribution < -0.4 is 10.2 Å². The summed E-state index contributed by atoms with van der Waals surface area (Å²) in [5.74, 6) is 1.02. The zero-order valence-corrected chi connectivity index (χ0v) is 17.2. The second-order valence-electron chi connectivity index (χ2n) is 7.42. The Bertz CT molecular complexity index is 1250. The Balaban J connectivity index is 1.50. The van der Waals surface area contributed by atoms with Crippen molar-refractivity contribution < 1.29 is 9.53 Å². The number of aryl methyl sites for hydroxylation is 1. The summed E-state index contributed by atoms with van der Waals surface area (Å²) in [4.78, 5) is 28.5. The second kappa shape index (κ2) is 8.16. The average Bonchev–Trinajstić information content (AvgIpc) is 3.18. The van der Waals surface area contributed by atoms with E-state index in [2.05, 4.69) is 26.3 Å². The Labute approximate surface area is 179 Å². The van der Waals surface area contributed by atoms with Crippen molar-refractivity contribution in [2.45, 2.75) is 6.92 Å². The molecule has 0 aliphatic carbocycles. The molecule has 5 rings (SSSR count). The SMILES string of the molecule is Cc1cccc(-c2nc3ccccn3c2NC(=O)c2cc(N3CCOCC3)ncn2)c1. The Hall–Kier alpha value is -3.78. The number of nitrogens with zero attached hydrogens (tertiary/aromatic N) is 5. The lowest BCUT2D eigenvalue weighted by Gasteiger charge is -2.27. The van der Waals surface area contributed by atoms with Gasteiger partial charge in [0, 0.05) is 30.9 Å². The fraction of sp³-hybridized carbons (Fsp3) is 0.217. The molecule has 4 aromatic rings. The highest BCUT2D eigenvalue weighted by molar-refractivity contribution is 6.04. The van der Waals surface area contributed by atoms with E-state index in [0.717, 1.165) is 35.7 Å². The van der Waals surface area contributed by atoms with Crippen molar-refractivity contribution in [3.63, 3.8) is 0 Å². The number of hydrogen-bond donors (Lipinski definition) is 1. The zero-order valence-electron chi connectivity index (χ0n) is 17.2. The molecule has 4 heterocycles. The van der Waals surface area contributed by atoms with Crippen molar-refractivity contribution in [2.75, 3.05) is 36.5 Å². The minimum Gasteiger partial charge on any atom is -0.378 e. The number of benzene rings is 1. The summed E-state index contributed by atoms with van der Waals surface area (Å²) in [7, 11) is 0. The van der Waals surface area contributed by atoms with Gasteiger partial charge in [-0.25, -0.2) is 15.0 Å². The standard InChI is InChI=1S/C23H22N6O2/c1-16-5-4-6-17(13-16)21-22(29-8-3-2-7-19(29)26-21)27-23(30)18-14-20(25-15-24-18)28-9-11-31-12-10-28/h2-8,13-15H,9-12H2,1H3,(H,27,30). The molecule has 8 nitrogen and oxygen atoms in total. The fourth-order valence-corrected chi connectivity index (χ4v) is 3.72. The van der Waals surface area contributed by atoms with Crippen LogP contribution in [0, 0.1) is 6.92 Å². The van der Waals surface area contributed by atoms with Gasteiger partial charge in [-0.05, 0) is 25.1 Å². The number of amides is 1. The van der Waals surface area contributed by atoms with Gasteiger partial charge in [0.05, 0.1) is 13.2 Å². The molecule has 1 fully saturated rings. The van der Waals surface area contributed by atoms with Gasteiger partial charge < -0.3 is 15.0 Å². The van der Waals surface area contributed by atoms with Crippen LogP contribution in [0.1, 0.15) is 16.1 Å². The molecule has 1 aliphatic heterocycles. The molecule has 0 saturated carbocycles. The van der Waals surface area contributed by atoms with Crippen LogP contribution in [-0.4, -0.2) is 51.6 Å². The number of fused-ring (bicyclic) bond motifs is 1. The molecule has 0 atom stereocenters. The van der Waals surface area contributed by atoms with Crippen molar-refractivity contribution in [2.24, 2.45) is 0 Å². The Morgan fingerprint density at radius 2 is 1.94 bits per heavy atom. The minimum absolute atomic E-state index is 0.303. The van der Waals surface area contributed by atoms with Crippen molar-refractivity contribution in [3.05, 3.63) is 72.3 Å². The number of morpholine rings is 1. The van der Waals surface area contributed by atoms with Crippen LogP contribution in [0.25, 0.3) is 16.9 Å². The number of hydrogen-bond acceptors (Lipinski definition) is 6. The predicted octanol–water partition coefficient (Wildman–Crippen LogP) is 3.19. The van der Waals surface area contributed by atoms with Gasteiger partial charge in [-0.15, -0.1) is 0 Å². The van der Waals surface area contributed by atoms with Crippen LogP contribution in [0.4, 0.5) is 11.6 Å². The molecule has 8 heteroatoms. The summed E-state index contributed by atoms with van der Waals surface area (Å²) in [5.41, 5.74) is 3.84. The maximum Gasteiger partial charge on any atom is 0.275 e. The molecule has 0 spiro atoms. The van der Waals surface area contributed by atoms with Crippen LogP contribution in [0.3, 0.4) is 0 Å². The maximum absolute atomic E-state index is 13.2. The van der Waals surface area contributed by atoms with Crippen LogP contribution in [0.2, 0.25) is 0 Å². The van der Waals surface area contributed by atoms with Gasteiger partial charge in [0.2, 0.25) is 0 Å². The monoisotopic (exact) mass is 414 g/mol. The van der Waals surface area contributed by atoms with E-state index in [0.29, 0.717) is 30.4 Å². The molecule has 3 aromatic heterocycles. The van der Waals surface area contributed by atoms with Gasteiger partial charge in [-0.1, -0.05) is 29.8 Å². The molecule has 0 bridgehead atoms. The zero-order chi connectivity index (χ0) is 21.2. The van der Waals surface area contributed by atoms with E-state index in [1.54, 1.807) is 6.07 Å². The molecule has 1 N–H and O–H groups in total. The molecule has 0 radical (unpaired) electrons. The highest BCUT2D eigenvalue weighted by Gasteiger charge is 2.20. The number of anilines is 2. The first-order valence-corrected chi connectivity index (χ1v) is 10.2. The number of carbonyl (C=O) groups excluding carboxylic acids is 1. The lowest BCUT2D eigenvalue weighted by atomic mass is 10.1. The number of aromatic nitrogens is 4. The number of ether oxygens (including phenoxy) is 1. The average molecular weight is 414 g/mol. The van der Waals surface area contributed by atoms with Crippen molar-refractivity contribution in [1.29, 1.82) is 0 Å². The first-order chi connectivity index (χ1) is 15.2. The van der Waals surface area contributed by atoms with Crippen molar-refractivity contribution in [3.8, 4) is 11.3 Å². The quantitative estimate of drug-likeness (QED) is 0.552. The van der Waals surface area contributed by atoms with Gasteiger partial charge in [0.15, 0.2) is 0 Å². The molecular formula is C23H22N6O2. The summed E-state index contributed by atoms with van der Waals surface area (Å²) < 4.78 is 7.27. The summed E-state index contributed by atoms with van der Waals surface area (Å²) in [5, 5.41) is 3.03. The third-order valence-electron chi connectivity index (χ3n) is 5.27. The number of carbonyl (C=O) groups is 1. The molecule has 1 amide bonds. The maximum atomic E-state index is 13.2. The first kappa shape index (κ1) is 19.2. The Kier molecular flexibility index (Phi) is 5.05. The molecule has 1 saturated heterocycles. The Morgan fingerprint density at radius 3 is 2.77 bits per heavy atom. The smallest absolute Gasteiger partial charge is 0.275 e. The molecular weight excluding hydrogens is 392 g/mol. The van der Waals surface area contributed by atoms with Gasteiger partial charge in [-0.2, -0.15) is 0 Å². The van der Waals surface area contributed by atoms with Gasteiger partial charge in [-0.3, -0.25) is 9.20 Å². The highest BCUT2D eigenvalue weighted by Crippen LogP contribution is 2.29. The van der Waals surface area contributed by atoms with E-state index < -0.39 is 0 Å². The topological polar surface area (TPSA) is 84.7 Å². The van der Waals surface area contributed by atoms with Crippen molar-refractivity contribution in [1.82, 2.24) is 19.4 Å². The summed E-state index contributed by atoms with van der Waals surface area (Å²) in [6.45, 7) is 4.80. The number of nitrogens with one attached hydrogen (secondary N) is 1. The van der Waals surface area contributed by atoms with E-state index in [1.165, 1.54) is 6.33 Å². The highest BCUT2D eigenvalue weighted by atomic mass is 16.5. The third kappa shape index (κ3) is 3.85. The lowest BCUT2D eigenvalue weighted by molar-refractivity contribution is 0.102.